The molecule has 1 atom stereocenters. The molecule has 0 spiro atoms. The summed E-state index contributed by atoms with van der Waals surface area (Å²) < 4.78 is 5.20. The van der Waals surface area contributed by atoms with E-state index < -0.39 is 0 Å². The van der Waals surface area contributed by atoms with Crippen LogP contribution in [0.5, 0.6) is 5.75 Å². The molecule has 0 bridgehead atoms. The molecular formula is C15H22ClN3O3. The number of methoxy groups -OCH3 is 1. The number of halogens is 1. The fourth-order valence-corrected chi connectivity index (χ4v) is 2.37. The summed E-state index contributed by atoms with van der Waals surface area (Å²) in [6, 6.07) is 5.37. The molecule has 6 nitrogen and oxygen atoms in total. The summed E-state index contributed by atoms with van der Waals surface area (Å²) >= 11 is 0. The highest BCUT2D eigenvalue weighted by atomic mass is 35.5. The molecule has 0 aliphatic carbocycles. The first kappa shape index (κ1) is 18.3. The normalized spacial score (nSPS) is 16.5. The van der Waals surface area contributed by atoms with Gasteiger partial charge in [0.05, 0.1) is 18.8 Å². The first-order valence-electron chi connectivity index (χ1n) is 7.05. The van der Waals surface area contributed by atoms with Crippen LogP contribution in [0.2, 0.25) is 0 Å². The van der Waals surface area contributed by atoms with Crippen molar-refractivity contribution in [3.8, 4) is 5.75 Å². The fourth-order valence-electron chi connectivity index (χ4n) is 2.37. The smallest absolute Gasteiger partial charge is 0.237 e. The summed E-state index contributed by atoms with van der Waals surface area (Å²) in [6.07, 6.45) is 1.92. The second-order valence-corrected chi connectivity index (χ2v) is 5.08. The zero-order valence-corrected chi connectivity index (χ0v) is 13.6. The van der Waals surface area contributed by atoms with Crippen LogP contribution >= 0.6 is 12.4 Å². The Morgan fingerprint density at radius 2 is 2.18 bits per heavy atom. The average molecular weight is 328 g/mol. The summed E-state index contributed by atoms with van der Waals surface area (Å²) in [4.78, 5) is 23.1. The van der Waals surface area contributed by atoms with Gasteiger partial charge in [-0.3, -0.25) is 9.59 Å². The lowest BCUT2D eigenvalue weighted by Crippen LogP contribution is -2.40. The number of nitrogens with one attached hydrogen (secondary N) is 3. The van der Waals surface area contributed by atoms with Crippen molar-refractivity contribution in [1.29, 1.82) is 0 Å². The van der Waals surface area contributed by atoms with Crippen molar-refractivity contribution in [1.82, 2.24) is 10.6 Å². The molecule has 2 rings (SSSR count). The van der Waals surface area contributed by atoms with E-state index in [1.807, 2.05) is 12.1 Å². The lowest BCUT2D eigenvalue weighted by molar-refractivity contribution is -0.123. The zero-order chi connectivity index (χ0) is 15.2. The molecule has 1 aliphatic rings. The van der Waals surface area contributed by atoms with Crippen molar-refractivity contribution in [3.05, 3.63) is 23.8 Å². The van der Waals surface area contributed by atoms with Crippen LogP contribution in [0.1, 0.15) is 25.3 Å². The number of carbonyl (C=O) groups excluding carboxylic acids is 2. The number of hydrogen-bond acceptors (Lipinski definition) is 4. The molecule has 1 fully saturated rings. The van der Waals surface area contributed by atoms with E-state index in [0.29, 0.717) is 18.0 Å². The van der Waals surface area contributed by atoms with E-state index in [2.05, 4.69) is 16.0 Å². The lowest BCUT2D eigenvalue weighted by atomic mass is 10.1. The molecule has 22 heavy (non-hydrogen) atoms. The van der Waals surface area contributed by atoms with Crippen LogP contribution in [0.15, 0.2) is 18.2 Å². The Balaban J connectivity index is 0.00000242. The molecule has 1 aromatic carbocycles. The van der Waals surface area contributed by atoms with Crippen molar-refractivity contribution in [2.75, 3.05) is 19.0 Å². The fraction of sp³-hybridized carbons (Fsp3) is 0.467. The molecule has 0 radical (unpaired) electrons. The topological polar surface area (TPSA) is 79.5 Å². The largest absolute Gasteiger partial charge is 0.495 e. The summed E-state index contributed by atoms with van der Waals surface area (Å²) in [5, 5.41) is 8.78. The lowest BCUT2D eigenvalue weighted by Gasteiger charge is -2.13. The standard InChI is InChI=1S/C15H21N3O3.ClH/c1-10(19)18-13-8-11(5-6-14(13)21-2)9-17-15(20)12-4-3-7-16-12;/h5-6,8,12,16H,3-4,7,9H2,1-2H3,(H,17,20)(H,18,19);1H. The van der Waals surface area contributed by atoms with Crippen molar-refractivity contribution >= 4 is 29.9 Å². The first-order valence-corrected chi connectivity index (χ1v) is 7.05. The number of amides is 2. The third kappa shape index (κ3) is 4.89. The molecular weight excluding hydrogens is 306 g/mol. The van der Waals surface area contributed by atoms with Crippen molar-refractivity contribution in [2.45, 2.75) is 32.4 Å². The molecule has 3 N–H and O–H groups in total. The summed E-state index contributed by atoms with van der Waals surface area (Å²) in [6.45, 7) is 2.76. The molecule has 1 saturated heterocycles. The SMILES string of the molecule is COc1ccc(CNC(=O)C2CCCN2)cc1NC(C)=O.Cl. The number of ether oxygens (including phenoxy) is 1. The third-order valence-corrected chi connectivity index (χ3v) is 3.42. The van der Waals surface area contributed by atoms with E-state index in [1.54, 1.807) is 13.2 Å². The van der Waals surface area contributed by atoms with Gasteiger partial charge in [0.25, 0.3) is 0 Å². The van der Waals surface area contributed by atoms with Crippen LogP contribution in [-0.4, -0.2) is 31.5 Å². The molecule has 7 heteroatoms. The van der Waals surface area contributed by atoms with Gasteiger partial charge in [0.15, 0.2) is 0 Å². The van der Waals surface area contributed by atoms with Crippen LogP contribution < -0.4 is 20.7 Å². The number of benzene rings is 1. The minimum absolute atomic E-state index is 0. The Bertz CT molecular complexity index is 531. The van der Waals surface area contributed by atoms with E-state index in [9.17, 15) is 9.59 Å². The van der Waals surface area contributed by atoms with Crippen LogP contribution in [0.3, 0.4) is 0 Å². The van der Waals surface area contributed by atoms with Gasteiger partial charge in [0.1, 0.15) is 5.75 Å². The number of rotatable bonds is 5. The van der Waals surface area contributed by atoms with Gasteiger partial charge in [-0.15, -0.1) is 12.4 Å². The number of anilines is 1. The van der Waals surface area contributed by atoms with E-state index in [-0.39, 0.29) is 30.3 Å². The highest BCUT2D eigenvalue weighted by Gasteiger charge is 2.21. The highest BCUT2D eigenvalue weighted by molar-refractivity contribution is 5.90. The third-order valence-electron chi connectivity index (χ3n) is 3.42. The van der Waals surface area contributed by atoms with Crippen LogP contribution in [-0.2, 0) is 16.1 Å². The molecule has 0 saturated carbocycles. The molecule has 2 amide bonds. The molecule has 122 valence electrons. The van der Waals surface area contributed by atoms with Crippen LogP contribution in [0.25, 0.3) is 0 Å². The Morgan fingerprint density at radius 1 is 1.41 bits per heavy atom. The maximum Gasteiger partial charge on any atom is 0.237 e. The predicted molar refractivity (Wildman–Crippen MR) is 87.4 cm³/mol. The Kier molecular flexibility index (Phi) is 7.14. The van der Waals surface area contributed by atoms with E-state index in [0.717, 1.165) is 24.9 Å². The first-order chi connectivity index (χ1) is 10.1. The number of hydrogen-bond donors (Lipinski definition) is 3. The molecule has 0 aromatic heterocycles. The minimum atomic E-state index is -0.162. The Morgan fingerprint density at radius 3 is 2.77 bits per heavy atom. The van der Waals surface area contributed by atoms with Gasteiger partial charge >= 0.3 is 0 Å². The summed E-state index contributed by atoms with van der Waals surface area (Å²) in [7, 11) is 1.55. The minimum Gasteiger partial charge on any atom is -0.495 e. The molecule has 1 aromatic rings. The van der Waals surface area contributed by atoms with Crippen molar-refractivity contribution in [2.24, 2.45) is 0 Å². The molecule has 1 heterocycles. The maximum absolute atomic E-state index is 11.9. The second kappa shape index (κ2) is 8.60. The predicted octanol–water partition coefficient (Wildman–Crippen LogP) is 1.44. The van der Waals surface area contributed by atoms with Gasteiger partial charge in [0.2, 0.25) is 11.8 Å². The van der Waals surface area contributed by atoms with Gasteiger partial charge in [-0.2, -0.15) is 0 Å². The van der Waals surface area contributed by atoms with Crippen LogP contribution in [0.4, 0.5) is 5.69 Å². The molecule has 1 aliphatic heterocycles. The zero-order valence-electron chi connectivity index (χ0n) is 12.8. The average Bonchev–Trinajstić information content (AvgIpc) is 2.98. The second-order valence-electron chi connectivity index (χ2n) is 5.08. The number of carbonyl (C=O) groups is 2. The highest BCUT2D eigenvalue weighted by Crippen LogP contribution is 2.25. The Labute approximate surface area is 136 Å². The van der Waals surface area contributed by atoms with Gasteiger partial charge in [-0.1, -0.05) is 6.07 Å². The monoisotopic (exact) mass is 327 g/mol. The molecule has 1 unspecified atom stereocenters. The quantitative estimate of drug-likeness (QED) is 0.764. The Hall–Kier alpha value is -1.79. The summed E-state index contributed by atoms with van der Waals surface area (Å²) in [5.74, 6) is 0.451. The van der Waals surface area contributed by atoms with Gasteiger partial charge < -0.3 is 20.7 Å². The van der Waals surface area contributed by atoms with Gasteiger partial charge in [-0.25, -0.2) is 0 Å². The summed E-state index contributed by atoms with van der Waals surface area (Å²) in [5.41, 5.74) is 1.52. The maximum atomic E-state index is 11.9. The van der Waals surface area contributed by atoms with E-state index >= 15 is 0 Å². The van der Waals surface area contributed by atoms with Crippen LogP contribution in [0, 0.1) is 0 Å². The van der Waals surface area contributed by atoms with Gasteiger partial charge in [0, 0.05) is 13.5 Å². The van der Waals surface area contributed by atoms with E-state index in [4.69, 9.17) is 4.74 Å². The van der Waals surface area contributed by atoms with Crippen molar-refractivity contribution < 1.29 is 14.3 Å². The van der Waals surface area contributed by atoms with E-state index in [1.165, 1.54) is 6.92 Å². The van der Waals surface area contributed by atoms with Crippen molar-refractivity contribution in [3.63, 3.8) is 0 Å². The van der Waals surface area contributed by atoms with Gasteiger partial charge in [-0.05, 0) is 37.1 Å².